The van der Waals surface area contributed by atoms with Crippen LogP contribution >= 0.6 is 0 Å². The zero-order valence-corrected chi connectivity index (χ0v) is 11.5. The van der Waals surface area contributed by atoms with Crippen molar-refractivity contribution >= 4 is 16.9 Å². The minimum absolute atomic E-state index is 0.114. The summed E-state index contributed by atoms with van der Waals surface area (Å²) in [6.45, 7) is 5.74. The minimum Gasteiger partial charge on any atom is -0.345 e. The first-order valence-electron chi connectivity index (χ1n) is 6.49. The van der Waals surface area contributed by atoms with Crippen LogP contribution in [0, 0.1) is 5.92 Å². The highest BCUT2D eigenvalue weighted by Crippen LogP contribution is 2.15. The third kappa shape index (κ3) is 2.93. The molecule has 1 aromatic heterocycles. The molecule has 2 rings (SSSR count). The largest absolute Gasteiger partial charge is 0.345 e. The third-order valence-electron chi connectivity index (χ3n) is 3.20. The number of hydrogen-bond donors (Lipinski definition) is 3. The molecule has 0 aliphatic carbocycles. The molecule has 0 aliphatic heterocycles. The normalized spacial score (nSPS) is 14.6. The van der Waals surface area contributed by atoms with Crippen LogP contribution in [0.1, 0.15) is 32.6 Å². The highest BCUT2D eigenvalue weighted by Gasteiger charge is 2.20. The number of hydrogen-bond acceptors (Lipinski definition) is 3. The number of H-pyrrole nitrogens is 1. The van der Waals surface area contributed by atoms with Gasteiger partial charge in [0.05, 0.1) is 23.1 Å². The molecule has 2 aromatic rings. The lowest BCUT2D eigenvalue weighted by Crippen LogP contribution is -2.44. The molecule has 0 spiro atoms. The van der Waals surface area contributed by atoms with E-state index < -0.39 is 6.04 Å². The quantitative estimate of drug-likeness (QED) is 0.782. The molecule has 4 N–H and O–H groups in total. The molecule has 19 heavy (non-hydrogen) atoms. The summed E-state index contributed by atoms with van der Waals surface area (Å²) in [5.41, 5.74) is 7.68. The second-order valence-electron chi connectivity index (χ2n) is 5.14. The van der Waals surface area contributed by atoms with Gasteiger partial charge < -0.3 is 16.0 Å². The van der Waals surface area contributed by atoms with Crippen LogP contribution in [-0.4, -0.2) is 21.9 Å². The van der Waals surface area contributed by atoms with Gasteiger partial charge in [-0.25, -0.2) is 4.98 Å². The van der Waals surface area contributed by atoms with Gasteiger partial charge in [-0.3, -0.25) is 4.79 Å². The van der Waals surface area contributed by atoms with Crippen molar-refractivity contribution in [3.8, 4) is 0 Å². The van der Waals surface area contributed by atoms with Crippen LogP contribution in [0.3, 0.4) is 0 Å². The Labute approximate surface area is 112 Å². The summed E-state index contributed by atoms with van der Waals surface area (Å²) < 4.78 is 0. The van der Waals surface area contributed by atoms with E-state index in [0.29, 0.717) is 0 Å². The Balaban J connectivity index is 2.11. The lowest BCUT2D eigenvalue weighted by Gasteiger charge is -2.18. The molecule has 0 saturated heterocycles. The summed E-state index contributed by atoms with van der Waals surface area (Å²) >= 11 is 0. The van der Waals surface area contributed by atoms with Crippen LogP contribution in [0.15, 0.2) is 24.3 Å². The standard InChI is InChI=1S/C14H20N4O/c1-8(2)12(15)14(19)16-9(3)13-17-10-6-4-5-7-11(10)18-13/h4-9,12H,15H2,1-3H3,(H,16,19)(H,17,18)/t9?,12-/m0/s1. The van der Waals surface area contributed by atoms with E-state index in [1.807, 2.05) is 45.0 Å². The average Bonchev–Trinajstić information content (AvgIpc) is 2.81. The van der Waals surface area contributed by atoms with Crippen molar-refractivity contribution in [2.24, 2.45) is 11.7 Å². The molecule has 0 fully saturated rings. The van der Waals surface area contributed by atoms with Crippen LogP contribution in [0.25, 0.3) is 11.0 Å². The predicted octanol–water partition coefficient (Wildman–Crippen LogP) is 1.72. The lowest BCUT2D eigenvalue weighted by atomic mass is 10.0. The summed E-state index contributed by atoms with van der Waals surface area (Å²) in [6.07, 6.45) is 0. The number of carbonyl (C=O) groups is 1. The summed E-state index contributed by atoms with van der Waals surface area (Å²) in [7, 11) is 0. The van der Waals surface area contributed by atoms with E-state index >= 15 is 0 Å². The first kappa shape index (κ1) is 13.5. The molecule has 0 saturated carbocycles. The Morgan fingerprint density at radius 3 is 2.63 bits per heavy atom. The fraction of sp³-hybridized carbons (Fsp3) is 0.429. The van der Waals surface area contributed by atoms with Gasteiger partial charge in [-0.1, -0.05) is 26.0 Å². The number of rotatable bonds is 4. The number of aromatic nitrogens is 2. The molecule has 102 valence electrons. The fourth-order valence-corrected chi connectivity index (χ4v) is 1.86. The number of aromatic amines is 1. The number of nitrogens with one attached hydrogen (secondary N) is 2. The molecule has 1 unspecified atom stereocenters. The molecule has 1 heterocycles. The number of nitrogens with two attached hydrogens (primary N) is 1. The Morgan fingerprint density at radius 1 is 1.32 bits per heavy atom. The number of fused-ring (bicyclic) bond motifs is 1. The maximum atomic E-state index is 11.9. The zero-order valence-electron chi connectivity index (χ0n) is 11.5. The van der Waals surface area contributed by atoms with Crippen LogP contribution < -0.4 is 11.1 Å². The van der Waals surface area contributed by atoms with Crippen molar-refractivity contribution in [1.29, 1.82) is 0 Å². The third-order valence-corrected chi connectivity index (χ3v) is 3.20. The van der Waals surface area contributed by atoms with E-state index in [1.165, 1.54) is 0 Å². The van der Waals surface area contributed by atoms with Crippen molar-refractivity contribution in [2.75, 3.05) is 0 Å². The number of nitrogens with zero attached hydrogens (tertiary/aromatic N) is 1. The van der Waals surface area contributed by atoms with E-state index in [-0.39, 0.29) is 17.9 Å². The first-order valence-corrected chi connectivity index (χ1v) is 6.49. The lowest BCUT2D eigenvalue weighted by molar-refractivity contribution is -0.123. The minimum atomic E-state index is -0.494. The van der Waals surface area contributed by atoms with Crippen molar-refractivity contribution < 1.29 is 4.79 Å². The average molecular weight is 260 g/mol. The van der Waals surface area contributed by atoms with Crippen molar-refractivity contribution in [1.82, 2.24) is 15.3 Å². The highest BCUT2D eigenvalue weighted by molar-refractivity contribution is 5.82. The molecule has 5 nitrogen and oxygen atoms in total. The SMILES string of the molecule is CC(NC(=O)[C@@H](N)C(C)C)c1nc2ccccc2[nH]1. The van der Waals surface area contributed by atoms with E-state index in [4.69, 9.17) is 5.73 Å². The first-order chi connectivity index (χ1) is 8.99. The number of imidazole rings is 1. The van der Waals surface area contributed by atoms with Crippen LogP contribution in [0.2, 0.25) is 0 Å². The zero-order chi connectivity index (χ0) is 14.0. The van der Waals surface area contributed by atoms with Gasteiger partial charge in [-0.2, -0.15) is 0 Å². The number of para-hydroxylation sites is 2. The predicted molar refractivity (Wildman–Crippen MR) is 75.5 cm³/mol. The second kappa shape index (κ2) is 5.40. The Hall–Kier alpha value is -1.88. The Bertz CT molecular complexity index is 543. The Morgan fingerprint density at radius 2 is 2.00 bits per heavy atom. The van der Waals surface area contributed by atoms with Crippen LogP contribution in [0.4, 0.5) is 0 Å². The van der Waals surface area contributed by atoms with Gasteiger partial charge in [-0.05, 0) is 25.0 Å². The van der Waals surface area contributed by atoms with Gasteiger partial charge in [0.15, 0.2) is 0 Å². The molecule has 2 atom stereocenters. The summed E-state index contributed by atoms with van der Waals surface area (Å²) in [5.74, 6) is 0.705. The summed E-state index contributed by atoms with van der Waals surface area (Å²) in [5, 5.41) is 2.88. The van der Waals surface area contributed by atoms with Gasteiger partial charge >= 0.3 is 0 Å². The van der Waals surface area contributed by atoms with Crippen molar-refractivity contribution in [2.45, 2.75) is 32.9 Å². The molecular weight excluding hydrogens is 240 g/mol. The maximum Gasteiger partial charge on any atom is 0.237 e. The van der Waals surface area contributed by atoms with Gasteiger partial charge in [0.1, 0.15) is 5.82 Å². The topological polar surface area (TPSA) is 83.8 Å². The molecule has 1 amide bonds. The number of carbonyl (C=O) groups excluding carboxylic acids is 1. The van der Waals surface area contributed by atoms with Crippen molar-refractivity contribution in [3.05, 3.63) is 30.1 Å². The Kier molecular flexibility index (Phi) is 3.85. The summed E-state index contributed by atoms with van der Waals surface area (Å²) in [4.78, 5) is 19.6. The maximum absolute atomic E-state index is 11.9. The van der Waals surface area contributed by atoms with Crippen molar-refractivity contribution in [3.63, 3.8) is 0 Å². The summed E-state index contributed by atoms with van der Waals surface area (Å²) in [6, 6.07) is 7.09. The molecule has 0 bridgehead atoms. The smallest absolute Gasteiger partial charge is 0.237 e. The highest BCUT2D eigenvalue weighted by atomic mass is 16.2. The molecule has 5 heteroatoms. The van der Waals surface area contributed by atoms with Gasteiger partial charge in [0.25, 0.3) is 0 Å². The van der Waals surface area contributed by atoms with Gasteiger partial charge in [-0.15, -0.1) is 0 Å². The van der Waals surface area contributed by atoms with E-state index in [0.717, 1.165) is 16.9 Å². The fourth-order valence-electron chi connectivity index (χ4n) is 1.86. The molecule has 1 aromatic carbocycles. The van der Waals surface area contributed by atoms with E-state index in [2.05, 4.69) is 15.3 Å². The van der Waals surface area contributed by atoms with Crippen LogP contribution in [0.5, 0.6) is 0 Å². The molecule has 0 radical (unpaired) electrons. The van der Waals surface area contributed by atoms with E-state index in [1.54, 1.807) is 0 Å². The van der Waals surface area contributed by atoms with Gasteiger partial charge in [0, 0.05) is 0 Å². The number of amides is 1. The van der Waals surface area contributed by atoms with Gasteiger partial charge in [0.2, 0.25) is 5.91 Å². The number of benzene rings is 1. The monoisotopic (exact) mass is 260 g/mol. The van der Waals surface area contributed by atoms with Crippen LogP contribution in [-0.2, 0) is 4.79 Å². The molecular formula is C14H20N4O. The second-order valence-corrected chi connectivity index (χ2v) is 5.14. The molecule has 0 aliphatic rings. The van der Waals surface area contributed by atoms with E-state index in [9.17, 15) is 4.79 Å².